The van der Waals surface area contributed by atoms with Gasteiger partial charge in [-0.2, -0.15) is 5.26 Å². The second kappa shape index (κ2) is 20.8. The number of rotatable bonds is 16. The first kappa shape index (κ1) is 44.2. The van der Waals surface area contributed by atoms with Gasteiger partial charge in [-0.3, -0.25) is 29.2 Å². The minimum atomic E-state index is -0.477. The van der Waals surface area contributed by atoms with Gasteiger partial charge in [0, 0.05) is 100 Å². The zero-order valence-corrected chi connectivity index (χ0v) is 35.7. The van der Waals surface area contributed by atoms with Crippen LogP contribution in [-0.2, 0) is 16.1 Å². The lowest BCUT2D eigenvalue weighted by molar-refractivity contribution is -0.126. The van der Waals surface area contributed by atoms with Crippen molar-refractivity contribution < 1.29 is 28.3 Å². The highest BCUT2D eigenvalue weighted by molar-refractivity contribution is 5.95. The van der Waals surface area contributed by atoms with Gasteiger partial charge < -0.3 is 30.0 Å². The van der Waals surface area contributed by atoms with Crippen LogP contribution in [0.15, 0.2) is 66.9 Å². The summed E-state index contributed by atoms with van der Waals surface area (Å²) in [6, 6.07) is 19.7. The fraction of sp³-hybridized carbons (Fsp3) is 0.458. The molecule has 13 nitrogen and oxygen atoms in total. The average Bonchev–Trinajstić information content (AvgIpc) is 3.30. The third kappa shape index (κ3) is 10.6. The lowest BCUT2D eigenvalue weighted by Crippen LogP contribution is -2.49. The van der Waals surface area contributed by atoms with Gasteiger partial charge in [0.1, 0.15) is 30.2 Å². The number of hydrogen-bond acceptors (Lipinski definition) is 11. The van der Waals surface area contributed by atoms with Gasteiger partial charge in [0.2, 0.25) is 5.91 Å². The zero-order valence-electron chi connectivity index (χ0n) is 35.7. The van der Waals surface area contributed by atoms with Gasteiger partial charge in [-0.15, -0.1) is 0 Å². The summed E-state index contributed by atoms with van der Waals surface area (Å²) in [4.78, 5) is 62.0. The summed E-state index contributed by atoms with van der Waals surface area (Å²) in [5.41, 5.74) is 4.47. The molecule has 4 aromatic rings. The second-order valence-electron chi connectivity index (χ2n) is 16.9. The smallest absolute Gasteiger partial charge is 0.251 e. The van der Waals surface area contributed by atoms with Crippen molar-refractivity contribution in [2.75, 3.05) is 69.7 Å². The molecule has 2 N–H and O–H groups in total. The highest BCUT2D eigenvalue weighted by Gasteiger charge is 2.29. The molecule has 2 saturated heterocycles. The van der Waals surface area contributed by atoms with Crippen molar-refractivity contribution in [1.29, 1.82) is 5.26 Å². The molecule has 62 heavy (non-hydrogen) atoms. The number of likely N-dealkylation sites (N-methyl/N-ethyl adjacent to an activating group) is 2. The third-order valence-electron chi connectivity index (χ3n) is 12.9. The molecule has 3 aromatic carbocycles. The van der Waals surface area contributed by atoms with Gasteiger partial charge in [-0.05, 0) is 124 Å². The van der Waals surface area contributed by atoms with E-state index >= 15 is 4.39 Å². The van der Waals surface area contributed by atoms with E-state index in [1.807, 2.05) is 48.3 Å². The number of aldehydes is 2. The highest BCUT2D eigenvalue weighted by Crippen LogP contribution is 2.32. The number of ether oxygens (including phenoxy) is 1. The van der Waals surface area contributed by atoms with Crippen LogP contribution in [0.1, 0.15) is 83.2 Å². The first-order valence-electron chi connectivity index (χ1n) is 21.9. The number of anilines is 2. The number of nitriles is 1. The molecule has 7 rings (SSSR count). The molecule has 0 unspecified atom stereocenters. The Hall–Kier alpha value is -5.91. The Morgan fingerprint density at radius 3 is 2.44 bits per heavy atom. The first-order valence-corrected chi connectivity index (χ1v) is 21.9. The van der Waals surface area contributed by atoms with Gasteiger partial charge in [-0.25, -0.2) is 4.39 Å². The standard InChI is InChI=1S/C48H57FN8O5/c1-51-48(61)44(6-4-26-58)54(2)31-37-27-39(12-7-36(37)32-59)56-24-22-55(23-25-56)30-33-17-20-57(21-18-33)43-15-8-34(28-42(43)49)47(60)53-38-10-13-40(14-11-38)62-45-16-9-35(29-50)46-41(45)5-3-19-52-46/h3,5,7-9,12,15-16,19,26-28,32-33,38,40,44H,4,6,10-11,13-14,17-18,20-25,30-31H2,1-2H3,(H,51,61)(H,53,60)/t38?,40?,44-/m0/s1. The van der Waals surface area contributed by atoms with Crippen molar-refractivity contribution in [2.24, 2.45) is 5.92 Å². The average molecular weight is 845 g/mol. The normalized spacial score (nSPS) is 19.1. The van der Waals surface area contributed by atoms with Crippen LogP contribution >= 0.6 is 0 Å². The Balaban J connectivity index is 0.843. The van der Waals surface area contributed by atoms with Crippen molar-refractivity contribution >= 4 is 46.7 Å². The number of nitrogens with one attached hydrogen (secondary N) is 2. The van der Waals surface area contributed by atoms with Gasteiger partial charge >= 0.3 is 0 Å². The summed E-state index contributed by atoms with van der Waals surface area (Å²) in [5.74, 6) is 0.403. The largest absolute Gasteiger partial charge is 0.490 e. The molecule has 3 heterocycles. The van der Waals surface area contributed by atoms with E-state index < -0.39 is 6.04 Å². The monoisotopic (exact) mass is 844 g/mol. The number of halogens is 1. The molecule has 0 spiro atoms. The number of fused-ring (bicyclic) bond motifs is 1. The number of carbonyl (C=O) groups is 4. The fourth-order valence-corrected chi connectivity index (χ4v) is 9.29. The topological polar surface area (TPSA) is 151 Å². The molecule has 14 heteroatoms. The van der Waals surface area contributed by atoms with E-state index in [2.05, 4.69) is 36.4 Å². The second-order valence-corrected chi connectivity index (χ2v) is 16.9. The Kier molecular flexibility index (Phi) is 14.8. The van der Waals surface area contributed by atoms with Crippen molar-refractivity contribution in [3.8, 4) is 11.8 Å². The fourth-order valence-electron chi connectivity index (χ4n) is 9.29. The Bertz CT molecular complexity index is 2260. The number of nitrogens with zero attached hydrogens (tertiary/aromatic N) is 6. The predicted molar refractivity (Wildman–Crippen MR) is 237 cm³/mol. The number of carbonyl (C=O) groups excluding carboxylic acids is 4. The van der Waals surface area contributed by atoms with Gasteiger partial charge in [0.25, 0.3) is 5.91 Å². The van der Waals surface area contributed by atoms with Crippen LogP contribution in [-0.4, -0.2) is 117 Å². The van der Waals surface area contributed by atoms with Crippen molar-refractivity contribution in [3.05, 3.63) is 94.9 Å². The molecular formula is C48H57FN8O5. The number of aromatic nitrogens is 1. The van der Waals surface area contributed by atoms with Crippen molar-refractivity contribution in [2.45, 2.75) is 76.1 Å². The Morgan fingerprint density at radius 1 is 0.968 bits per heavy atom. The number of pyridine rings is 1. The van der Waals surface area contributed by atoms with E-state index in [-0.39, 0.29) is 36.2 Å². The van der Waals surface area contributed by atoms with Crippen molar-refractivity contribution in [3.63, 3.8) is 0 Å². The lowest BCUT2D eigenvalue weighted by Gasteiger charge is -2.40. The third-order valence-corrected chi connectivity index (χ3v) is 12.9. The maximum atomic E-state index is 15.6. The number of piperidine rings is 1. The van der Waals surface area contributed by atoms with Crippen LogP contribution in [0.2, 0.25) is 0 Å². The summed E-state index contributed by atoms with van der Waals surface area (Å²) in [6.07, 6.45) is 8.95. The van der Waals surface area contributed by atoms with Crippen LogP contribution in [0.4, 0.5) is 15.8 Å². The number of benzene rings is 3. The maximum absolute atomic E-state index is 15.6. The molecule has 326 valence electrons. The van der Waals surface area contributed by atoms with Gasteiger partial charge in [0.15, 0.2) is 0 Å². The number of amides is 2. The summed E-state index contributed by atoms with van der Waals surface area (Å²) in [6.45, 7) is 6.43. The van der Waals surface area contributed by atoms with Crippen LogP contribution in [0.5, 0.6) is 5.75 Å². The molecule has 3 fully saturated rings. The molecule has 1 aromatic heterocycles. The minimum Gasteiger partial charge on any atom is -0.490 e. The highest BCUT2D eigenvalue weighted by atomic mass is 19.1. The molecule has 0 bridgehead atoms. The quantitative estimate of drug-likeness (QED) is 0.133. The SMILES string of the molecule is CNC(=O)[C@H](CCC=O)N(C)Cc1cc(N2CCN(CC3CCN(c4ccc(C(=O)NC5CCC(Oc6ccc(C#N)c7ncccc67)CC5)cc4F)CC3)CC2)ccc1C=O. The van der Waals surface area contributed by atoms with E-state index in [9.17, 15) is 24.4 Å². The van der Waals surface area contributed by atoms with Gasteiger partial charge in [0.05, 0.1) is 28.9 Å². The van der Waals surface area contributed by atoms with Crippen molar-refractivity contribution in [1.82, 2.24) is 25.4 Å². The zero-order chi connectivity index (χ0) is 43.6. The van der Waals surface area contributed by atoms with E-state index in [4.69, 9.17) is 4.74 Å². The van der Waals surface area contributed by atoms with E-state index in [0.29, 0.717) is 52.5 Å². The predicted octanol–water partition coefficient (Wildman–Crippen LogP) is 5.74. The molecule has 1 atom stereocenters. The van der Waals surface area contributed by atoms with E-state index in [1.54, 1.807) is 31.4 Å². The van der Waals surface area contributed by atoms with Gasteiger partial charge in [-0.1, -0.05) is 0 Å². The summed E-state index contributed by atoms with van der Waals surface area (Å²) in [7, 11) is 3.43. The van der Waals surface area contributed by atoms with E-state index in [1.165, 1.54) is 6.07 Å². The molecular weight excluding hydrogens is 788 g/mol. The van der Waals surface area contributed by atoms with Crippen LogP contribution in [0, 0.1) is 23.1 Å². The van der Waals surface area contributed by atoms with Crippen LogP contribution in [0.3, 0.4) is 0 Å². The molecule has 3 aliphatic rings. The summed E-state index contributed by atoms with van der Waals surface area (Å²) < 4.78 is 21.9. The minimum absolute atomic E-state index is 0.0161. The summed E-state index contributed by atoms with van der Waals surface area (Å²) in [5, 5.41) is 16.1. The number of hydrogen-bond donors (Lipinski definition) is 2. The molecule has 1 aliphatic carbocycles. The first-order chi connectivity index (χ1) is 30.2. The molecule has 1 saturated carbocycles. The summed E-state index contributed by atoms with van der Waals surface area (Å²) >= 11 is 0. The maximum Gasteiger partial charge on any atom is 0.251 e. The van der Waals surface area contributed by atoms with Crippen LogP contribution < -0.4 is 25.2 Å². The lowest BCUT2D eigenvalue weighted by atomic mass is 9.92. The Morgan fingerprint density at radius 2 is 1.74 bits per heavy atom. The molecule has 2 amide bonds. The van der Waals surface area contributed by atoms with Crippen LogP contribution in [0.25, 0.3) is 10.9 Å². The number of piperazine rings is 1. The van der Waals surface area contributed by atoms with E-state index in [0.717, 1.165) is 114 Å². The Labute approximate surface area is 363 Å². The molecule has 0 radical (unpaired) electrons. The molecule has 2 aliphatic heterocycles.